The number of likely N-dealkylation sites (tertiary alicyclic amines) is 1. The third-order valence-electron chi connectivity index (χ3n) is 5.46. The highest BCUT2D eigenvalue weighted by atomic mass is 35.5. The molecule has 0 saturated carbocycles. The zero-order valence-corrected chi connectivity index (χ0v) is 20.6. The lowest BCUT2D eigenvalue weighted by molar-refractivity contribution is 0.0710. The summed E-state index contributed by atoms with van der Waals surface area (Å²) >= 11 is 6.43. The van der Waals surface area contributed by atoms with Crippen molar-refractivity contribution in [2.45, 2.75) is 50.5 Å². The molecule has 1 N–H and O–H groups in total. The smallest absolute Gasteiger partial charge is 0.254 e. The maximum absolute atomic E-state index is 13.1. The number of amides is 1. The first-order valence-corrected chi connectivity index (χ1v) is 13.2. The first kappa shape index (κ1) is 25.3. The largest absolute Gasteiger partial charge is 0.490 e. The van der Waals surface area contributed by atoms with E-state index in [1.54, 1.807) is 47.4 Å². The van der Waals surface area contributed by atoms with Crippen molar-refractivity contribution in [2.24, 2.45) is 0 Å². The van der Waals surface area contributed by atoms with Gasteiger partial charge in [-0.2, -0.15) is 0 Å². The topological polar surface area (TPSA) is 84.9 Å². The fourth-order valence-electron chi connectivity index (χ4n) is 3.68. The molecule has 0 spiro atoms. The van der Waals surface area contributed by atoms with Gasteiger partial charge in [-0.05, 0) is 50.5 Å². The van der Waals surface area contributed by atoms with Gasteiger partial charge >= 0.3 is 0 Å². The van der Waals surface area contributed by atoms with E-state index in [0.717, 1.165) is 12.8 Å². The maximum atomic E-state index is 13.1. The van der Waals surface area contributed by atoms with Crippen molar-refractivity contribution in [3.63, 3.8) is 0 Å². The summed E-state index contributed by atoms with van der Waals surface area (Å²) in [5.74, 6) is 0.745. The molecular weight excluding hydrogens is 464 g/mol. The monoisotopic (exact) mass is 494 g/mol. The number of hydrogen-bond donors (Lipinski definition) is 1. The molecule has 1 amide bonds. The van der Waals surface area contributed by atoms with Gasteiger partial charge in [-0.3, -0.25) is 4.79 Å². The molecule has 0 unspecified atom stereocenters. The van der Waals surface area contributed by atoms with E-state index in [0.29, 0.717) is 61.2 Å². The molecule has 1 aliphatic rings. The minimum atomic E-state index is -3.58. The van der Waals surface area contributed by atoms with Gasteiger partial charge < -0.3 is 14.4 Å². The number of nitrogens with one attached hydrogen (secondary N) is 1. The molecule has 0 aromatic heterocycles. The number of sulfonamides is 1. The van der Waals surface area contributed by atoms with Gasteiger partial charge in [0.1, 0.15) is 0 Å². The molecule has 1 heterocycles. The van der Waals surface area contributed by atoms with Crippen LogP contribution in [0.1, 0.15) is 49.9 Å². The molecule has 1 aliphatic heterocycles. The van der Waals surface area contributed by atoms with Crippen LogP contribution in [0.4, 0.5) is 0 Å². The predicted molar refractivity (Wildman–Crippen MR) is 129 cm³/mol. The number of halogens is 1. The molecule has 0 atom stereocenters. The van der Waals surface area contributed by atoms with Gasteiger partial charge in [-0.1, -0.05) is 43.1 Å². The molecule has 2 aromatic rings. The third kappa shape index (κ3) is 6.62. The number of benzene rings is 2. The van der Waals surface area contributed by atoms with Crippen LogP contribution in [0.2, 0.25) is 5.02 Å². The zero-order chi connectivity index (χ0) is 23.8. The standard InChI is InChI=1S/C24H31ClN2O5S/c1-3-5-15-32-23-21(25)16-18(17-22(23)31-4-2)24(28)27-13-11-19(12-14-27)26-33(29,30)20-9-7-6-8-10-20/h6-10,16-17,19,26H,3-5,11-15H2,1-2H3. The van der Waals surface area contributed by atoms with Crippen molar-refractivity contribution in [2.75, 3.05) is 26.3 Å². The van der Waals surface area contributed by atoms with Crippen LogP contribution in [-0.4, -0.2) is 51.6 Å². The number of ether oxygens (including phenoxy) is 2. The van der Waals surface area contributed by atoms with Crippen molar-refractivity contribution in [1.82, 2.24) is 9.62 Å². The second-order valence-electron chi connectivity index (χ2n) is 7.92. The van der Waals surface area contributed by atoms with E-state index in [1.165, 1.54) is 0 Å². The molecular formula is C24H31ClN2O5S. The minimum absolute atomic E-state index is 0.165. The Kier molecular flexibility index (Phi) is 9.00. The van der Waals surface area contributed by atoms with Crippen LogP contribution in [0, 0.1) is 0 Å². The van der Waals surface area contributed by atoms with Gasteiger partial charge in [-0.25, -0.2) is 13.1 Å². The van der Waals surface area contributed by atoms with Crippen molar-refractivity contribution >= 4 is 27.5 Å². The summed E-state index contributed by atoms with van der Waals surface area (Å²) in [5.41, 5.74) is 0.426. The molecule has 9 heteroatoms. The summed E-state index contributed by atoms with van der Waals surface area (Å²) < 4.78 is 39.4. The van der Waals surface area contributed by atoms with Crippen molar-refractivity contribution in [1.29, 1.82) is 0 Å². The number of carbonyl (C=O) groups is 1. The minimum Gasteiger partial charge on any atom is -0.490 e. The van der Waals surface area contributed by atoms with E-state index in [-0.39, 0.29) is 16.8 Å². The Balaban J connectivity index is 1.65. The van der Waals surface area contributed by atoms with E-state index in [9.17, 15) is 13.2 Å². The molecule has 0 aliphatic carbocycles. The SMILES string of the molecule is CCCCOc1c(Cl)cc(C(=O)N2CCC(NS(=O)(=O)c3ccccc3)CC2)cc1OCC. The fourth-order valence-corrected chi connectivity index (χ4v) is 5.27. The van der Waals surface area contributed by atoms with Gasteiger partial charge in [0.05, 0.1) is 23.1 Å². The van der Waals surface area contributed by atoms with Crippen molar-refractivity contribution in [3.05, 3.63) is 53.1 Å². The number of carbonyl (C=O) groups excluding carboxylic acids is 1. The Bertz CT molecular complexity index is 1040. The molecule has 33 heavy (non-hydrogen) atoms. The average Bonchev–Trinajstić information content (AvgIpc) is 2.81. The average molecular weight is 495 g/mol. The Morgan fingerprint density at radius 1 is 1.12 bits per heavy atom. The summed E-state index contributed by atoms with van der Waals surface area (Å²) in [6.07, 6.45) is 2.95. The molecule has 0 bridgehead atoms. The number of nitrogens with zero attached hydrogens (tertiary/aromatic N) is 1. The molecule has 1 saturated heterocycles. The van der Waals surface area contributed by atoms with Crippen molar-refractivity contribution in [3.8, 4) is 11.5 Å². The summed E-state index contributed by atoms with van der Waals surface area (Å²) in [6, 6.07) is 11.3. The Labute approximate surface area is 201 Å². The summed E-state index contributed by atoms with van der Waals surface area (Å²) in [6.45, 7) is 5.76. The normalized spacial score (nSPS) is 14.8. The van der Waals surface area contributed by atoms with Crippen LogP contribution in [0.3, 0.4) is 0 Å². The Morgan fingerprint density at radius 3 is 2.45 bits per heavy atom. The van der Waals surface area contributed by atoms with Crippen molar-refractivity contribution < 1.29 is 22.7 Å². The summed E-state index contributed by atoms with van der Waals surface area (Å²) in [5, 5.41) is 0.339. The molecule has 2 aromatic carbocycles. The number of rotatable bonds is 10. The molecule has 1 fully saturated rings. The number of hydrogen-bond acceptors (Lipinski definition) is 5. The van der Waals surface area contributed by atoms with Crippen LogP contribution in [0.15, 0.2) is 47.4 Å². The first-order valence-electron chi connectivity index (χ1n) is 11.3. The highest BCUT2D eigenvalue weighted by Crippen LogP contribution is 2.37. The Morgan fingerprint density at radius 2 is 1.82 bits per heavy atom. The van der Waals surface area contributed by atoms with Gasteiger partial charge in [0, 0.05) is 24.7 Å². The second kappa shape index (κ2) is 11.7. The maximum Gasteiger partial charge on any atom is 0.254 e. The summed E-state index contributed by atoms with van der Waals surface area (Å²) in [7, 11) is -3.58. The fraction of sp³-hybridized carbons (Fsp3) is 0.458. The first-order chi connectivity index (χ1) is 15.9. The van der Waals surface area contributed by atoms with E-state index >= 15 is 0 Å². The van der Waals surface area contributed by atoms with E-state index in [2.05, 4.69) is 11.6 Å². The lowest BCUT2D eigenvalue weighted by Crippen LogP contribution is -2.46. The van der Waals surface area contributed by atoms with E-state index in [1.807, 2.05) is 6.92 Å². The number of piperidine rings is 1. The number of unbranched alkanes of at least 4 members (excludes halogenated alkanes) is 1. The molecule has 180 valence electrons. The zero-order valence-electron chi connectivity index (χ0n) is 19.1. The molecule has 0 radical (unpaired) electrons. The summed E-state index contributed by atoms with van der Waals surface area (Å²) in [4.78, 5) is 15.1. The van der Waals surface area contributed by atoms with E-state index < -0.39 is 10.0 Å². The highest BCUT2D eigenvalue weighted by Gasteiger charge is 2.28. The second-order valence-corrected chi connectivity index (χ2v) is 10.0. The molecule has 3 rings (SSSR count). The van der Waals surface area contributed by atoms with E-state index in [4.69, 9.17) is 21.1 Å². The van der Waals surface area contributed by atoms with Gasteiger partial charge in [0.15, 0.2) is 11.5 Å². The molecule has 7 nitrogen and oxygen atoms in total. The Hall–Kier alpha value is -2.29. The van der Waals surface area contributed by atoms with Crippen LogP contribution in [0.5, 0.6) is 11.5 Å². The third-order valence-corrected chi connectivity index (χ3v) is 7.28. The van der Waals surface area contributed by atoms with Crippen LogP contribution in [0.25, 0.3) is 0 Å². The predicted octanol–water partition coefficient (Wildman–Crippen LogP) is 4.50. The quantitative estimate of drug-likeness (QED) is 0.491. The van der Waals surface area contributed by atoms with Gasteiger partial charge in [0.25, 0.3) is 5.91 Å². The van der Waals surface area contributed by atoms with Gasteiger partial charge in [0.2, 0.25) is 10.0 Å². The lowest BCUT2D eigenvalue weighted by Gasteiger charge is -2.32. The highest BCUT2D eigenvalue weighted by molar-refractivity contribution is 7.89. The van der Waals surface area contributed by atoms with Crippen LogP contribution < -0.4 is 14.2 Å². The van der Waals surface area contributed by atoms with Crippen LogP contribution in [-0.2, 0) is 10.0 Å². The van der Waals surface area contributed by atoms with Crippen LogP contribution >= 0.6 is 11.6 Å². The lowest BCUT2D eigenvalue weighted by atomic mass is 10.0. The van der Waals surface area contributed by atoms with Gasteiger partial charge in [-0.15, -0.1) is 0 Å².